The van der Waals surface area contributed by atoms with Gasteiger partial charge in [-0.05, 0) is 24.3 Å². The lowest BCUT2D eigenvalue weighted by Gasteiger charge is -2.21. The van der Waals surface area contributed by atoms with Crippen LogP contribution in [0.15, 0.2) is 67.5 Å². The van der Waals surface area contributed by atoms with E-state index >= 15 is 0 Å². The van der Waals surface area contributed by atoms with Gasteiger partial charge in [-0.2, -0.15) is 0 Å². The Morgan fingerprint density at radius 2 is 2.08 bits per heavy atom. The van der Waals surface area contributed by atoms with E-state index in [9.17, 15) is 9.90 Å². The maximum absolute atomic E-state index is 13.0. The number of aliphatic hydroxyl groups is 1. The summed E-state index contributed by atoms with van der Waals surface area (Å²) in [6.07, 6.45) is 5.07. The van der Waals surface area contributed by atoms with Crippen LogP contribution in [-0.2, 0) is 0 Å². The molecule has 0 aliphatic heterocycles. The lowest BCUT2D eigenvalue weighted by Crippen LogP contribution is -2.33. The van der Waals surface area contributed by atoms with E-state index < -0.39 is 0 Å². The Balaban J connectivity index is 2.15. The standard InChI is InChI=1S/C20H19N3O2/c1-2-10-23(11-12-24)20(25)17-13-19(15-6-5-9-21-14-15)22-18-8-4-3-7-16(17)18/h2-9,13-14,24H,1,10-12H2. The van der Waals surface area contributed by atoms with Crippen molar-refractivity contribution >= 4 is 16.8 Å². The zero-order valence-electron chi connectivity index (χ0n) is 13.8. The van der Waals surface area contributed by atoms with Gasteiger partial charge in [-0.25, -0.2) is 4.98 Å². The predicted octanol–water partition coefficient (Wildman–Crippen LogP) is 2.92. The number of nitrogens with zero attached hydrogens (tertiary/aromatic N) is 3. The molecule has 0 aliphatic rings. The second-order valence-electron chi connectivity index (χ2n) is 5.58. The van der Waals surface area contributed by atoms with E-state index in [0.717, 1.165) is 16.5 Å². The number of para-hydroxylation sites is 1. The van der Waals surface area contributed by atoms with E-state index in [4.69, 9.17) is 0 Å². The van der Waals surface area contributed by atoms with E-state index in [2.05, 4.69) is 16.5 Å². The molecule has 0 saturated carbocycles. The average Bonchev–Trinajstić information content (AvgIpc) is 2.67. The lowest BCUT2D eigenvalue weighted by molar-refractivity contribution is 0.0745. The summed E-state index contributed by atoms with van der Waals surface area (Å²) in [6.45, 7) is 4.22. The number of pyridine rings is 2. The smallest absolute Gasteiger partial charge is 0.254 e. The molecule has 2 heterocycles. The van der Waals surface area contributed by atoms with Crippen LogP contribution in [0.4, 0.5) is 0 Å². The lowest BCUT2D eigenvalue weighted by atomic mass is 10.0. The number of aromatic nitrogens is 2. The highest BCUT2D eigenvalue weighted by Crippen LogP contribution is 2.25. The highest BCUT2D eigenvalue weighted by Gasteiger charge is 2.19. The predicted molar refractivity (Wildman–Crippen MR) is 98.2 cm³/mol. The Hall–Kier alpha value is -3.05. The van der Waals surface area contributed by atoms with Gasteiger partial charge in [-0.1, -0.05) is 24.3 Å². The van der Waals surface area contributed by atoms with Gasteiger partial charge in [0.05, 0.1) is 23.4 Å². The molecule has 0 bridgehead atoms. The van der Waals surface area contributed by atoms with Gasteiger partial charge in [0.1, 0.15) is 0 Å². The highest BCUT2D eigenvalue weighted by molar-refractivity contribution is 6.07. The average molecular weight is 333 g/mol. The largest absolute Gasteiger partial charge is 0.395 e. The molecule has 126 valence electrons. The van der Waals surface area contributed by atoms with E-state index in [1.54, 1.807) is 29.4 Å². The molecule has 1 amide bonds. The molecule has 1 aromatic carbocycles. The third kappa shape index (κ3) is 3.56. The molecule has 0 atom stereocenters. The minimum Gasteiger partial charge on any atom is -0.395 e. The number of rotatable bonds is 6. The zero-order valence-corrected chi connectivity index (χ0v) is 13.8. The molecule has 3 aromatic rings. The molecular formula is C20H19N3O2. The van der Waals surface area contributed by atoms with E-state index in [0.29, 0.717) is 17.8 Å². The molecule has 25 heavy (non-hydrogen) atoms. The van der Waals surface area contributed by atoms with Crippen molar-refractivity contribution in [3.05, 3.63) is 73.1 Å². The van der Waals surface area contributed by atoms with E-state index in [-0.39, 0.29) is 19.1 Å². The maximum Gasteiger partial charge on any atom is 0.254 e. The van der Waals surface area contributed by atoms with Crippen LogP contribution in [-0.4, -0.2) is 45.6 Å². The minimum absolute atomic E-state index is 0.0991. The number of fused-ring (bicyclic) bond motifs is 1. The first-order valence-electron chi connectivity index (χ1n) is 8.06. The van der Waals surface area contributed by atoms with Crippen LogP contribution in [0, 0.1) is 0 Å². The molecule has 0 saturated heterocycles. The molecule has 3 rings (SSSR count). The first-order chi connectivity index (χ1) is 12.2. The number of hydrogen-bond donors (Lipinski definition) is 1. The molecule has 5 heteroatoms. The van der Waals surface area contributed by atoms with Crippen molar-refractivity contribution in [1.82, 2.24) is 14.9 Å². The van der Waals surface area contributed by atoms with Gasteiger partial charge in [0.15, 0.2) is 0 Å². The quantitative estimate of drug-likeness (QED) is 0.704. The van der Waals surface area contributed by atoms with Gasteiger partial charge in [0.25, 0.3) is 5.91 Å². The van der Waals surface area contributed by atoms with Gasteiger partial charge in [-0.3, -0.25) is 9.78 Å². The fourth-order valence-electron chi connectivity index (χ4n) is 2.74. The summed E-state index contributed by atoms with van der Waals surface area (Å²) in [6, 6.07) is 13.1. The molecule has 0 fully saturated rings. The van der Waals surface area contributed by atoms with Crippen LogP contribution >= 0.6 is 0 Å². The summed E-state index contributed by atoms with van der Waals surface area (Å²) in [7, 11) is 0. The number of aliphatic hydroxyl groups excluding tert-OH is 1. The summed E-state index contributed by atoms with van der Waals surface area (Å²) in [5, 5.41) is 10.0. The minimum atomic E-state index is -0.155. The molecular weight excluding hydrogens is 314 g/mol. The van der Waals surface area contributed by atoms with Crippen molar-refractivity contribution in [2.75, 3.05) is 19.7 Å². The Labute approximate surface area is 146 Å². The van der Waals surface area contributed by atoms with Crippen LogP contribution in [0.25, 0.3) is 22.2 Å². The third-order valence-corrected chi connectivity index (χ3v) is 3.91. The zero-order chi connectivity index (χ0) is 17.6. The summed E-state index contributed by atoms with van der Waals surface area (Å²) in [4.78, 5) is 23.4. The van der Waals surface area contributed by atoms with Gasteiger partial charge in [0.2, 0.25) is 0 Å². The van der Waals surface area contributed by atoms with Crippen molar-refractivity contribution in [3.8, 4) is 11.3 Å². The van der Waals surface area contributed by atoms with Crippen LogP contribution < -0.4 is 0 Å². The van der Waals surface area contributed by atoms with Crippen molar-refractivity contribution < 1.29 is 9.90 Å². The number of carbonyl (C=O) groups is 1. The summed E-state index contributed by atoms with van der Waals surface area (Å²) >= 11 is 0. The second-order valence-corrected chi connectivity index (χ2v) is 5.58. The molecule has 0 unspecified atom stereocenters. The fourth-order valence-corrected chi connectivity index (χ4v) is 2.74. The van der Waals surface area contributed by atoms with Gasteiger partial charge < -0.3 is 10.0 Å². The SMILES string of the molecule is C=CCN(CCO)C(=O)c1cc(-c2cccnc2)nc2ccccc12. The molecule has 0 spiro atoms. The third-order valence-electron chi connectivity index (χ3n) is 3.91. The molecule has 1 N–H and O–H groups in total. The van der Waals surface area contributed by atoms with Crippen LogP contribution in [0.3, 0.4) is 0 Å². The molecule has 2 aromatic heterocycles. The van der Waals surface area contributed by atoms with E-state index in [1.165, 1.54) is 0 Å². The monoisotopic (exact) mass is 333 g/mol. The molecule has 0 radical (unpaired) electrons. The number of carbonyl (C=O) groups excluding carboxylic acids is 1. The second kappa shape index (κ2) is 7.68. The fraction of sp³-hybridized carbons (Fsp3) is 0.150. The first kappa shape index (κ1) is 16.8. The topological polar surface area (TPSA) is 66.3 Å². The van der Waals surface area contributed by atoms with Crippen LogP contribution in [0.5, 0.6) is 0 Å². The van der Waals surface area contributed by atoms with Crippen LogP contribution in [0.1, 0.15) is 10.4 Å². The Bertz CT molecular complexity index is 894. The number of hydrogen-bond acceptors (Lipinski definition) is 4. The van der Waals surface area contributed by atoms with Crippen molar-refractivity contribution in [1.29, 1.82) is 0 Å². The van der Waals surface area contributed by atoms with Gasteiger partial charge in [0, 0.05) is 36.4 Å². The highest BCUT2D eigenvalue weighted by atomic mass is 16.3. The summed E-state index contributed by atoms with van der Waals surface area (Å²) in [5.41, 5.74) is 2.84. The summed E-state index contributed by atoms with van der Waals surface area (Å²) < 4.78 is 0. The van der Waals surface area contributed by atoms with Crippen molar-refractivity contribution in [2.45, 2.75) is 0 Å². The Morgan fingerprint density at radius 1 is 1.24 bits per heavy atom. The molecule has 5 nitrogen and oxygen atoms in total. The van der Waals surface area contributed by atoms with Gasteiger partial charge >= 0.3 is 0 Å². The normalized spacial score (nSPS) is 10.6. The first-order valence-corrected chi connectivity index (χ1v) is 8.06. The number of amides is 1. The summed E-state index contributed by atoms with van der Waals surface area (Å²) in [5.74, 6) is -0.155. The Morgan fingerprint density at radius 3 is 2.80 bits per heavy atom. The Kier molecular flexibility index (Phi) is 5.16. The number of benzene rings is 1. The maximum atomic E-state index is 13.0. The van der Waals surface area contributed by atoms with Gasteiger partial charge in [-0.15, -0.1) is 6.58 Å². The van der Waals surface area contributed by atoms with Crippen molar-refractivity contribution in [2.24, 2.45) is 0 Å². The van der Waals surface area contributed by atoms with E-state index in [1.807, 2.05) is 36.4 Å². The van der Waals surface area contributed by atoms with Crippen LogP contribution in [0.2, 0.25) is 0 Å². The molecule has 0 aliphatic carbocycles. The van der Waals surface area contributed by atoms with Crippen molar-refractivity contribution in [3.63, 3.8) is 0 Å².